The van der Waals surface area contributed by atoms with Crippen LogP contribution in [0.1, 0.15) is 0 Å². The molecule has 6 nitrogen and oxygen atoms in total. The minimum atomic E-state index is -3.95. The van der Waals surface area contributed by atoms with Crippen LogP contribution < -0.4 is 4.72 Å². The van der Waals surface area contributed by atoms with E-state index >= 15 is 0 Å². The van der Waals surface area contributed by atoms with Crippen LogP contribution in [0.15, 0.2) is 16.3 Å². The number of hydrogen-bond acceptors (Lipinski definition) is 5. The Bertz CT molecular complexity index is 483. The van der Waals surface area contributed by atoms with Gasteiger partial charge in [0.25, 0.3) is 10.0 Å². The first-order valence-corrected chi connectivity index (χ1v) is 6.66. The first-order chi connectivity index (χ1) is 7.36. The molecular weight excluding hydrogens is 278 g/mol. The summed E-state index contributed by atoms with van der Waals surface area (Å²) in [5.41, 5.74) is 0. The van der Waals surface area contributed by atoms with Crippen molar-refractivity contribution in [3.05, 3.63) is 16.5 Å². The van der Waals surface area contributed by atoms with Crippen molar-refractivity contribution in [2.75, 3.05) is 6.61 Å². The van der Waals surface area contributed by atoms with Gasteiger partial charge in [-0.3, -0.25) is 4.79 Å². The van der Waals surface area contributed by atoms with Crippen molar-refractivity contribution in [1.29, 1.82) is 0 Å². The lowest BCUT2D eigenvalue weighted by Gasteiger charge is -2.10. The fraction of sp³-hybridized carbons (Fsp3) is 0.286. The molecule has 0 bridgehead atoms. The average Bonchev–Trinajstić information content (AvgIpc) is 2.61. The smallest absolute Gasteiger partial charge is 0.324 e. The van der Waals surface area contributed by atoms with E-state index in [4.69, 9.17) is 21.8 Å². The Labute approximate surface area is 101 Å². The molecular formula is C7H8ClNO5S2. The molecule has 1 aromatic rings. The Balaban J connectivity index is 2.91. The van der Waals surface area contributed by atoms with E-state index in [-0.39, 0.29) is 8.55 Å². The number of rotatable bonds is 5. The third kappa shape index (κ3) is 3.16. The molecule has 0 spiro atoms. The van der Waals surface area contributed by atoms with Crippen LogP contribution in [-0.2, 0) is 14.8 Å². The van der Waals surface area contributed by atoms with Gasteiger partial charge in [-0.1, -0.05) is 11.6 Å². The third-order valence-corrected chi connectivity index (χ3v) is 4.79. The number of thiophene rings is 1. The fourth-order valence-corrected chi connectivity index (χ4v) is 3.53. The molecule has 0 aliphatic heterocycles. The van der Waals surface area contributed by atoms with E-state index in [0.29, 0.717) is 0 Å². The van der Waals surface area contributed by atoms with Crippen molar-refractivity contribution in [1.82, 2.24) is 4.72 Å². The minimum absolute atomic E-state index is 0.0998. The molecule has 0 fully saturated rings. The number of sulfonamides is 1. The second-order valence-electron chi connectivity index (χ2n) is 2.75. The summed E-state index contributed by atoms with van der Waals surface area (Å²) in [5.74, 6) is -1.45. The topological polar surface area (TPSA) is 104 Å². The summed E-state index contributed by atoms with van der Waals surface area (Å²) < 4.78 is 25.2. The van der Waals surface area contributed by atoms with Gasteiger partial charge in [0.1, 0.15) is 10.3 Å². The van der Waals surface area contributed by atoms with Gasteiger partial charge in [0.05, 0.1) is 10.9 Å². The molecule has 1 rings (SSSR count). The van der Waals surface area contributed by atoms with Gasteiger partial charge in [0.15, 0.2) is 0 Å². The zero-order valence-electron chi connectivity index (χ0n) is 7.75. The van der Waals surface area contributed by atoms with Crippen molar-refractivity contribution in [3.8, 4) is 0 Å². The molecule has 0 unspecified atom stereocenters. The number of hydrogen-bond donors (Lipinski definition) is 3. The van der Waals surface area contributed by atoms with Crippen molar-refractivity contribution in [2.45, 2.75) is 10.3 Å². The predicted octanol–water partition coefficient (Wildman–Crippen LogP) is 0.125. The molecule has 0 saturated heterocycles. The molecule has 3 N–H and O–H groups in total. The van der Waals surface area contributed by atoms with E-state index in [1.807, 2.05) is 4.72 Å². The Morgan fingerprint density at radius 3 is 2.56 bits per heavy atom. The molecule has 1 aromatic heterocycles. The van der Waals surface area contributed by atoms with Gasteiger partial charge in [-0.05, 0) is 12.1 Å². The Hall–Kier alpha value is -0.670. The molecule has 0 aliphatic carbocycles. The number of aliphatic hydroxyl groups is 1. The molecule has 0 amide bonds. The molecule has 9 heteroatoms. The second-order valence-corrected chi connectivity index (χ2v) is 6.41. The first-order valence-electron chi connectivity index (χ1n) is 3.98. The number of carboxylic acid groups (broad SMARTS) is 1. The van der Waals surface area contributed by atoms with Crippen LogP contribution >= 0.6 is 22.9 Å². The highest BCUT2D eigenvalue weighted by atomic mass is 35.5. The van der Waals surface area contributed by atoms with Crippen LogP contribution in [0.3, 0.4) is 0 Å². The van der Waals surface area contributed by atoms with Crippen LogP contribution in [0.2, 0.25) is 4.34 Å². The summed E-state index contributed by atoms with van der Waals surface area (Å²) in [6.07, 6.45) is 0. The monoisotopic (exact) mass is 285 g/mol. The first kappa shape index (κ1) is 13.4. The van der Waals surface area contributed by atoms with E-state index in [9.17, 15) is 13.2 Å². The van der Waals surface area contributed by atoms with Gasteiger partial charge in [-0.25, -0.2) is 8.42 Å². The van der Waals surface area contributed by atoms with Crippen molar-refractivity contribution in [3.63, 3.8) is 0 Å². The molecule has 16 heavy (non-hydrogen) atoms. The van der Waals surface area contributed by atoms with Crippen LogP contribution in [0.4, 0.5) is 0 Å². The zero-order chi connectivity index (χ0) is 12.3. The van der Waals surface area contributed by atoms with Gasteiger partial charge >= 0.3 is 5.97 Å². The van der Waals surface area contributed by atoms with E-state index < -0.39 is 28.6 Å². The number of nitrogens with one attached hydrogen (secondary N) is 1. The molecule has 0 saturated carbocycles. The largest absolute Gasteiger partial charge is 0.480 e. The van der Waals surface area contributed by atoms with E-state index in [1.165, 1.54) is 12.1 Å². The van der Waals surface area contributed by atoms with Crippen molar-refractivity contribution >= 4 is 38.9 Å². The lowest BCUT2D eigenvalue weighted by molar-refractivity contribution is -0.139. The van der Waals surface area contributed by atoms with Crippen molar-refractivity contribution in [2.24, 2.45) is 0 Å². The van der Waals surface area contributed by atoms with Crippen molar-refractivity contribution < 1.29 is 23.4 Å². The maximum absolute atomic E-state index is 11.6. The highest BCUT2D eigenvalue weighted by Gasteiger charge is 2.25. The molecule has 1 atom stereocenters. The number of carbonyl (C=O) groups is 1. The lowest BCUT2D eigenvalue weighted by atomic mass is 10.3. The van der Waals surface area contributed by atoms with Crippen LogP contribution in [0.25, 0.3) is 0 Å². The van der Waals surface area contributed by atoms with Gasteiger partial charge in [-0.2, -0.15) is 4.72 Å². The standard InChI is InChI=1S/C7H8ClNO5S2/c8-5-1-2-6(15-5)16(13,14)9-4(3-10)7(11)12/h1-2,4,9-10H,3H2,(H,11,12)/t4-/m0/s1. The maximum atomic E-state index is 11.6. The van der Waals surface area contributed by atoms with E-state index in [2.05, 4.69) is 0 Å². The summed E-state index contributed by atoms with van der Waals surface area (Å²) in [6.45, 7) is -0.826. The van der Waals surface area contributed by atoms with Crippen LogP contribution in [0.5, 0.6) is 0 Å². The quantitative estimate of drug-likeness (QED) is 0.713. The number of halogens is 1. The van der Waals surface area contributed by atoms with E-state index in [0.717, 1.165) is 11.3 Å². The SMILES string of the molecule is O=C(O)[C@H](CO)NS(=O)(=O)c1ccc(Cl)s1. The van der Waals surface area contributed by atoms with Crippen LogP contribution in [-0.4, -0.2) is 37.2 Å². The Morgan fingerprint density at radius 1 is 1.56 bits per heavy atom. The number of aliphatic hydroxyl groups excluding tert-OH is 1. The number of aliphatic carboxylic acids is 1. The fourth-order valence-electron chi connectivity index (χ4n) is 0.853. The van der Waals surface area contributed by atoms with E-state index in [1.54, 1.807) is 0 Å². The highest BCUT2D eigenvalue weighted by Crippen LogP contribution is 2.25. The molecule has 90 valence electrons. The van der Waals surface area contributed by atoms with Crippen LogP contribution in [0, 0.1) is 0 Å². The molecule has 0 aliphatic rings. The third-order valence-electron chi connectivity index (χ3n) is 1.59. The maximum Gasteiger partial charge on any atom is 0.324 e. The summed E-state index contributed by atoms with van der Waals surface area (Å²) >= 11 is 6.36. The summed E-state index contributed by atoms with van der Waals surface area (Å²) in [4.78, 5) is 10.5. The van der Waals surface area contributed by atoms with Gasteiger partial charge in [0, 0.05) is 0 Å². The summed E-state index contributed by atoms with van der Waals surface area (Å²) in [7, 11) is -3.95. The molecule has 1 heterocycles. The summed E-state index contributed by atoms with van der Waals surface area (Å²) in [5, 5.41) is 17.3. The predicted molar refractivity (Wildman–Crippen MR) is 58.2 cm³/mol. The minimum Gasteiger partial charge on any atom is -0.480 e. The van der Waals surface area contributed by atoms with Gasteiger partial charge < -0.3 is 10.2 Å². The lowest BCUT2D eigenvalue weighted by Crippen LogP contribution is -2.42. The Morgan fingerprint density at radius 2 is 2.19 bits per heavy atom. The normalized spacial score (nSPS) is 13.6. The second kappa shape index (κ2) is 5.11. The van der Waals surface area contributed by atoms with Gasteiger partial charge in [0.2, 0.25) is 0 Å². The molecule has 0 aromatic carbocycles. The number of carboxylic acids is 1. The highest BCUT2D eigenvalue weighted by molar-refractivity contribution is 7.91. The Kier molecular flexibility index (Phi) is 4.28. The van der Waals surface area contributed by atoms with Gasteiger partial charge in [-0.15, -0.1) is 11.3 Å². The molecule has 0 radical (unpaired) electrons. The zero-order valence-corrected chi connectivity index (χ0v) is 10.1. The summed E-state index contributed by atoms with van der Waals surface area (Å²) in [6, 6.07) is 1.08. The average molecular weight is 286 g/mol.